The Labute approximate surface area is 344 Å². The number of rotatable bonds is 5. The van der Waals surface area contributed by atoms with Crippen LogP contribution in [-0.2, 0) is 0 Å². The van der Waals surface area contributed by atoms with Crippen molar-refractivity contribution in [2.24, 2.45) is 0 Å². The van der Waals surface area contributed by atoms with E-state index in [2.05, 4.69) is 85.6 Å². The lowest BCUT2D eigenvalue weighted by molar-refractivity contribution is 1.09. The summed E-state index contributed by atoms with van der Waals surface area (Å²) in [7, 11) is 0. The predicted octanol–water partition coefficient (Wildman–Crippen LogP) is 13.0. The first kappa shape index (κ1) is 35.2. The number of nitriles is 3. The molecule has 0 aliphatic rings. The number of pyridine rings is 1. The summed E-state index contributed by atoms with van der Waals surface area (Å²) in [5.74, 6) is 0. The summed E-state index contributed by atoms with van der Waals surface area (Å²) in [6.07, 6.45) is 3.71. The van der Waals surface area contributed by atoms with Gasteiger partial charge in [-0.3, -0.25) is 4.98 Å². The van der Waals surface area contributed by atoms with Gasteiger partial charge in [-0.05, 0) is 101 Å². The summed E-state index contributed by atoms with van der Waals surface area (Å²) in [6, 6.07) is 53.6. The van der Waals surface area contributed by atoms with Crippen molar-refractivity contribution >= 4 is 55.0 Å². The normalized spacial score (nSPS) is 10.9. The number of hydrogen-bond donors (Lipinski definition) is 0. The van der Waals surface area contributed by atoms with E-state index in [0.717, 1.165) is 88.4 Å². The maximum absolute atomic E-state index is 10.6. The van der Waals surface area contributed by atoms with Gasteiger partial charge in [0.05, 0.1) is 82.8 Å². The van der Waals surface area contributed by atoms with Gasteiger partial charge in [0.25, 0.3) is 0 Å². The lowest BCUT2D eigenvalue weighted by atomic mass is 9.97. The molecule has 0 saturated heterocycles. The molecule has 0 aliphatic heterocycles. The van der Waals surface area contributed by atoms with Crippen LogP contribution in [0.15, 0.2) is 158 Å². The van der Waals surface area contributed by atoms with Crippen molar-refractivity contribution in [2.75, 3.05) is 0 Å². The lowest BCUT2D eigenvalue weighted by Gasteiger charge is -2.20. The van der Waals surface area contributed by atoms with Gasteiger partial charge >= 0.3 is 0 Å². The highest BCUT2D eigenvalue weighted by Gasteiger charge is 2.24. The highest BCUT2D eigenvalue weighted by Crippen LogP contribution is 2.44. The zero-order chi connectivity index (χ0) is 40.9. The molecule has 0 spiro atoms. The molecule has 3 heterocycles. The Morgan fingerprint density at radius 2 is 0.917 bits per heavy atom. The number of hydrogen-bond acceptors (Lipinski definition) is 4. The second-order valence-electron chi connectivity index (χ2n) is 14.4. The molecule has 0 aliphatic carbocycles. The first-order valence-corrected chi connectivity index (χ1v) is 18.9. The van der Waals surface area contributed by atoms with Crippen molar-refractivity contribution in [1.29, 1.82) is 15.8 Å². The van der Waals surface area contributed by atoms with Crippen molar-refractivity contribution in [2.45, 2.75) is 0 Å². The molecule has 274 valence electrons. The number of fused-ring (bicyclic) bond motifs is 6. The van der Waals surface area contributed by atoms with Gasteiger partial charge in [0, 0.05) is 43.8 Å². The third kappa shape index (κ3) is 5.53. The second-order valence-corrected chi connectivity index (χ2v) is 14.4. The third-order valence-electron chi connectivity index (χ3n) is 11.1. The Bertz CT molecular complexity index is 3400. The fourth-order valence-electron chi connectivity index (χ4n) is 8.49. The monoisotopic (exact) mass is 762 g/mol. The summed E-state index contributed by atoms with van der Waals surface area (Å²) in [5.41, 5.74) is 12.3. The van der Waals surface area contributed by atoms with Gasteiger partial charge in [-0.1, -0.05) is 66.7 Å². The summed E-state index contributed by atoms with van der Waals surface area (Å²) < 4.78 is 4.40. The molecule has 10 aromatic rings. The van der Waals surface area contributed by atoms with Gasteiger partial charge in [0.15, 0.2) is 11.4 Å². The van der Waals surface area contributed by atoms with Crippen LogP contribution >= 0.6 is 0 Å². The molecule has 0 fully saturated rings. The molecule has 8 nitrogen and oxygen atoms in total. The van der Waals surface area contributed by atoms with E-state index in [1.807, 2.05) is 85.2 Å². The molecular formula is C52H26N8. The Hall–Kier alpha value is -9.26. The molecule has 3 aromatic heterocycles. The summed E-state index contributed by atoms with van der Waals surface area (Å²) >= 11 is 0. The van der Waals surface area contributed by atoms with E-state index < -0.39 is 0 Å². The Morgan fingerprint density at radius 3 is 1.40 bits per heavy atom. The van der Waals surface area contributed by atoms with E-state index >= 15 is 0 Å². The van der Waals surface area contributed by atoms with Crippen molar-refractivity contribution in [3.05, 3.63) is 198 Å². The van der Waals surface area contributed by atoms with Crippen LogP contribution in [-0.4, -0.2) is 14.1 Å². The largest absolute Gasteiger partial charge is 0.307 e. The van der Waals surface area contributed by atoms with Gasteiger partial charge in [-0.2, -0.15) is 15.8 Å². The minimum Gasteiger partial charge on any atom is -0.307 e. The minimum absolute atomic E-state index is 0.402. The first-order valence-electron chi connectivity index (χ1n) is 18.9. The molecular weight excluding hydrogens is 737 g/mol. The molecule has 0 atom stereocenters. The van der Waals surface area contributed by atoms with E-state index in [9.17, 15) is 15.8 Å². The summed E-state index contributed by atoms with van der Waals surface area (Å²) in [4.78, 5) is 12.2. The first-order chi connectivity index (χ1) is 29.5. The van der Waals surface area contributed by atoms with Crippen LogP contribution in [0.25, 0.3) is 98.1 Å². The van der Waals surface area contributed by atoms with Crippen LogP contribution in [0.5, 0.6) is 0 Å². The van der Waals surface area contributed by atoms with Gasteiger partial charge < -0.3 is 9.13 Å². The number of aromatic nitrogens is 3. The second kappa shape index (κ2) is 14.0. The molecule has 0 saturated carbocycles. The Balaban J connectivity index is 1.27. The highest BCUT2D eigenvalue weighted by atomic mass is 15.0. The number of nitrogens with zero attached hydrogens (tertiary/aromatic N) is 8. The van der Waals surface area contributed by atoms with Gasteiger partial charge in [0.1, 0.15) is 0 Å². The van der Waals surface area contributed by atoms with E-state index in [0.29, 0.717) is 28.1 Å². The van der Waals surface area contributed by atoms with Crippen molar-refractivity contribution in [3.63, 3.8) is 0 Å². The third-order valence-corrected chi connectivity index (χ3v) is 11.1. The molecule has 0 unspecified atom stereocenters. The Kier molecular flexibility index (Phi) is 8.23. The number of para-hydroxylation sites is 2. The zero-order valence-electron chi connectivity index (χ0n) is 31.6. The van der Waals surface area contributed by atoms with E-state index in [1.54, 1.807) is 24.3 Å². The number of benzene rings is 7. The molecule has 7 aromatic carbocycles. The average molecular weight is 763 g/mol. The maximum atomic E-state index is 10.6. The van der Waals surface area contributed by atoms with Gasteiger partial charge in [-0.15, -0.1) is 0 Å². The molecule has 60 heavy (non-hydrogen) atoms. The van der Waals surface area contributed by atoms with Crippen LogP contribution in [0, 0.1) is 47.1 Å². The molecule has 0 N–H and O–H groups in total. The van der Waals surface area contributed by atoms with E-state index in [4.69, 9.17) is 18.1 Å². The van der Waals surface area contributed by atoms with Crippen LogP contribution in [0.1, 0.15) is 16.7 Å². The van der Waals surface area contributed by atoms with Crippen LogP contribution in [0.2, 0.25) is 0 Å². The standard InChI is InChI=1S/C52H26N8/c1-56-39-21-32(27-53)19-37(23-39)34-15-17-48-44(25-34)42-11-5-7-13-46(42)59(48)50-30-58-31-51(52(50)41-10-4-3-9-36(41)29-55)60-47-14-8-6-12-43(47)45-26-35(16-18-49(45)60)38-20-33(28-54)22-40(24-38)57-2/h3-26,30-31H. The fraction of sp³-hybridized carbons (Fsp3) is 0. The Morgan fingerprint density at radius 1 is 0.450 bits per heavy atom. The SMILES string of the molecule is [C-]#[N+]c1cc(C#N)cc(-c2ccc3c(c2)c2ccccc2n3-c2cncc(-n3c4ccccc4c4cc(-c5cc(C#N)cc([N+]#[C-])c5)ccc43)c2-c2ccccc2C#N)c1. The quantitative estimate of drug-likeness (QED) is 0.163. The summed E-state index contributed by atoms with van der Waals surface area (Å²) in [6.45, 7) is 15.3. The van der Waals surface area contributed by atoms with Crippen molar-refractivity contribution < 1.29 is 0 Å². The fourth-order valence-corrected chi connectivity index (χ4v) is 8.49. The summed E-state index contributed by atoms with van der Waals surface area (Å²) in [5, 5.41) is 34.0. The van der Waals surface area contributed by atoms with Crippen molar-refractivity contribution in [3.8, 4) is 63.0 Å². The average Bonchev–Trinajstić information content (AvgIpc) is 3.82. The van der Waals surface area contributed by atoms with E-state index in [1.165, 1.54) is 0 Å². The highest BCUT2D eigenvalue weighted by molar-refractivity contribution is 6.13. The van der Waals surface area contributed by atoms with Gasteiger partial charge in [0.2, 0.25) is 0 Å². The predicted molar refractivity (Wildman–Crippen MR) is 236 cm³/mol. The molecule has 8 heteroatoms. The zero-order valence-corrected chi connectivity index (χ0v) is 31.6. The van der Waals surface area contributed by atoms with Crippen LogP contribution in [0.3, 0.4) is 0 Å². The van der Waals surface area contributed by atoms with Crippen molar-refractivity contribution in [1.82, 2.24) is 14.1 Å². The molecule has 0 bridgehead atoms. The minimum atomic E-state index is 0.402. The molecule has 10 rings (SSSR count). The van der Waals surface area contributed by atoms with Crippen LogP contribution in [0.4, 0.5) is 11.4 Å². The van der Waals surface area contributed by atoms with E-state index in [-0.39, 0.29) is 0 Å². The molecule has 0 radical (unpaired) electrons. The smallest absolute Gasteiger partial charge is 0.189 e. The van der Waals surface area contributed by atoms with Crippen LogP contribution < -0.4 is 0 Å². The lowest BCUT2D eigenvalue weighted by Crippen LogP contribution is -2.05. The molecule has 0 amide bonds. The van der Waals surface area contributed by atoms with Gasteiger partial charge in [-0.25, -0.2) is 9.69 Å². The topological polar surface area (TPSA) is 103 Å². The maximum Gasteiger partial charge on any atom is 0.189 e.